The Bertz CT molecular complexity index is 624. The summed E-state index contributed by atoms with van der Waals surface area (Å²) in [5, 5.41) is 9.45. The van der Waals surface area contributed by atoms with Crippen molar-refractivity contribution in [3.05, 3.63) is 16.5 Å². The number of rotatable bonds is 5. The molecule has 0 aliphatic heterocycles. The summed E-state index contributed by atoms with van der Waals surface area (Å²) in [7, 11) is 0. The van der Waals surface area contributed by atoms with Crippen LogP contribution in [0.25, 0.3) is 10.2 Å². The van der Waals surface area contributed by atoms with Crippen LogP contribution in [0.2, 0.25) is 0 Å². The number of fused-ring (bicyclic) bond motifs is 1. The molecule has 0 saturated heterocycles. The molecule has 2 heterocycles. The van der Waals surface area contributed by atoms with Gasteiger partial charge in [0.1, 0.15) is 9.71 Å². The number of aliphatic hydroxyl groups excluding tert-OH is 1. The van der Waals surface area contributed by atoms with E-state index in [1.165, 1.54) is 0 Å². The molecule has 0 radical (unpaired) electrons. The number of carbonyl (C=O) groups is 1. The number of aliphatic hydroxyl groups is 1. The van der Waals surface area contributed by atoms with Crippen molar-refractivity contribution in [1.29, 1.82) is 0 Å². The molecule has 2 aromatic heterocycles. The Kier molecular flexibility index (Phi) is 3.87. The second-order valence-electron chi connectivity index (χ2n) is 4.09. The van der Waals surface area contributed by atoms with Gasteiger partial charge in [-0.1, -0.05) is 0 Å². The van der Waals surface area contributed by atoms with Gasteiger partial charge in [-0.2, -0.15) is 0 Å². The Hall–Kier alpha value is -1.86. The molecule has 5 N–H and O–H groups in total. The van der Waals surface area contributed by atoms with Crippen LogP contribution in [-0.2, 0) is 0 Å². The second-order valence-corrected chi connectivity index (χ2v) is 5.09. The SMILES string of the molecule is Cc1cc(OCCCO)nc2sc(C(N)=O)c(N)c12. The molecular weight excluding hydrogens is 266 g/mol. The highest BCUT2D eigenvalue weighted by Crippen LogP contribution is 2.35. The lowest BCUT2D eigenvalue weighted by atomic mass is 10.1. The number of nitrogens with zero attached hydrogens (tertiary/aromatic N) is 1. The number of carbonyl (C=O) groups excluding carboxylic acids is 1. The van der Waals surface area contributed by atoms with Gasteiger partial charge in [-0.3, -0.25) is 4.79 Å². The van der Waals surface area contributed by atoms with E-state index in [9.17, 15) is 4.79 Å². The number of aryl methyl sites for hydroxylation is 1. The van der Waals surface area contributed by atoms with Crippen molar-refractivity contribution in [2.75, 3.05) is 18.9 Å². The van der Waals surface area contributed by atoms with Crippen LogP contribution in [0.3, 0.4) is 0 Å². The molecule has 0 unspecified atom stereocenters. The van der Waals surface area contributed by atoms with Crippen molar-refractivity contribution < 1.29 is 14.6 Å². The average Bonchev–Trinajstić information content (AvgIpc) is 2.67. The van der Waals surface area contributed by atoms with Gasteiger partial charge in [-0.25, -0.2) is 4.98 Å². The highest BCUT2D eigenvalue weighted by molar-refractivity contribution is 7.21. The van der Waals surface area contributed by atoms with Crippen LogP contribution < -0.4 is 16.2 Å². The number of pyridine rings is 1. The van der Waals surface area contributed by atoms with Crippen molar-refractivity contribution in [1.82, 2.24) is 4.98 Å². The molecule has 0 saturated carbocycles. The lowest BCUT2D eigenvalue weighted by Gasteiger charge is -2.06. The summed E-state index contributed by atoms with van der Waals surface area (Å²) in [4.78, 5) is 16.5. The van der Waals surface area contributed by atoms with E-state index >= 15 is 0 Å². The number of aromatic nitrogens is 1. The normalized spacial score (nSPS) is 10.8. The lowest BCUT2D eigenvalue weighted by molar-refractivity contribution is 0.100. The van der Waals surface area contributed by atoms with Crippen molar-refractivity contribution in [2.24, 2.45) is 5.73 Å². The van der Waals surface area contributed by atoms with Crippen molar-refractivity contribution in [2.45, 2.75) is 13.3 Å². The molecule has 2 aromatic rings. The molecule has 0 aliphatic carbocycles. The minimum absolute atomic E-state index is 0.0685. The Balaban J connectivity index is 2.43. The number of nitrogens with two attached hydrogens (primary N) is 2. The standard InChI is InChI=1S/C12H15N3O3S/c1-6-5-7(18-4-2-3-16)15-12-8(6)9(13)10(19-12)11(14)17/h5,16H,2-4,13H2,1H3,(H2,14,17). The van der Waals surface area contributed by atoms with Gasteiger partial charge < -0.3 is 21.3 Å². The van der Waals surface area contributed by atoms with Crippen LogP contribution in [0.15, 0.2) is 6.07 Å². The molecular formula is C12H15N3O3S. The van der Waals surface area contributed by atoms with Gasteiger partial charge in [0.15, 0.2) is 0 Å². The first-order chi connectivity index (χ1) is 9.04. The third-order valence-electron chi connectivity index (χ3n) is 2.65. The van der Waals surface area contributed by atoms with Gasteiger partial charge in [-0.15, -0.1) is 11.3 Å². The number of hydrogen-bond acceptors (Lipinski definition) is 6. The van der Waals surface area contributed by atoms with Crippen LogP contribution in [0.4, 0.5) is 5.69 Å². The summed E-state index contributed by atoms with van der Waals surface area (Å²) in [6.45, 7) is 2.33. The maximum absolute atomic E-state index is 11.3. The highest BCUT2D eigenvalue weighted by atomic mass is 32.1. The first-order valence-corrected chi connectivity index (χ1v) is 6.59. The lowest BCUT2D eigenvalue weighted by Crippen LogP contribution is -2.10. The van der Waals surface area contributed by atoms with Crippen molar-refractivity contribution in [3.63, 3.8) is 0 Å². The second kappa shape index (κ2) is 5.41. The van der Waals surface area contributed by atoms with Crippen LogP contribution in [0, 0.1) is 6.92 Å². The number of amides is 1. The van der Waals surface area contributed by atoms with E-state index in [4.69, 9.17) is 21.3 Å². The van der Waals surface area contributed by atoms with E-state index in [0.29, 0.717) is 34.3 Å². The topological polar surface area (TPSA) is 111 Å². The van der Waals surface area contributed by atoms with Crippen molar-refractivity contribution in [3.8, 4) is 5.88 Å². The van der Waals surface area contributed by atoms with Gasteiger partial charge >= 0.3 is 0 Å². The number of nitrogen functional groups attached to an aromatic ring is 1. The van der Waals surface area contributed by atoms with Crippen LogP contribution in [0.5, 0.6) is 5.88 Å². The minimum Gasteiger partial charge on any atom is -0.478 e. The van der Waals surface area contributed by atoms with Gasteiger partial charge in [0, 0.05) is 24.5 Å². The summed E-state index contributed by atoms with van der Waals surface area (Å²) >= 11 is 1.16. The van der Waals surface area contributed by atoms with Gasteiger partial charge in [0.05, 0.1) is 12.3 Å². The molecule has 7 heteroatoms. The summed E-state index contributed by atoms with van der Waals surface area (Å²) in [6, 6.07) is 1.76. The number of hydrogen-bond donors (Lipinski definition) is 3. The Morgan fingerprint density at radius 2 is 2.32 bits per heavy atom. The predicted octanol–water partition coefficient (Wildman–Crippen LogP) is 1.05. The Morgan fingerprint density at radius 1 is 1.58 bits per heavy atom. The first-order valence-electron chi connectivity index (χ1n) is 5.77. The monoisotopic (exact) mass is 281 g/mol. The first kappa shape index (κ1) is 13.6. The van der Waals surface area contributed by atoms with Crippen LogP contribution in [0.1, 0.15) is 21.7 Å². The van der Waals surface area contributed by atoms with Crippen LogP contribution in [-0.4, -0.2) is 29.2 Å². The number of anilines is 1. The zero-order chi connectivity index (χ0) is 14.0. The fourth-order valence-corrected chi connectivity index (χ4v) is 2.79. The number of thiophene rings is 1. The van der Waals surface area contributed by atoms with E-state index in [2.05, 4.69) is 4.98 Å². The van der Waals surface area contributed by atoms with E-state index in [0.717, 1.165) is 22.3 Å². The third-order valence-corrected chi connectivity index (χ3v) is 3.76. The Morgan fingerprint density at radius 3 is 2.95 bits per heavy atom. The van der Waals surface area contributed by atoms with Crippen molar-refractivity contribution >= 4 is 33.1 Å². The molecule has 0 spiro atoms. The van der Waals surface area contributed by atoms with E-state index in [1.807, 2.05) is 6.92 Å². The zero-order valence-corrected chi connectivity index (χ0v) is 11.3. The zero-order valence-electron chi connectivity index (χ0n) is 10.5. The summed E-state index contributed by atoms with van der Waals surface area (Å²) in [5.74, 6) is -0.0987. The fourth-order valence-electron chi connectivity index (χ4n) is 1.78. The molecule has 6 nitrogen and oxygen atoms in total. The molecule has 19 heavy (non-hydrogen) atoms. The maximum atomic E-state index is 11.3. The van der Waals surface area contributed by atoms with Gasteiger partial charge in [0.25, 0.3) is 5.91 Å². The molecule has 0 bridgehead atoms. The maximum Gasteiger partial charge on any atom is 0.260 e. The molecule has 0 atom stereocenters. The van der Waals surface area contributed by atoms with Gasteiger partial charge in [-0.05, 0) is 12.5 Å². The molecule has 1 amide bonds. The van der Waals surface area contributed by atoms with E-state index in [-0.39, 0.29) is 6.61 Å². The smallest absolute Gasteiger partial charge is 0.260 e. The molecule has 2 rings (SSSR count). The quantitative estimate of drug-likeness (QED) is 0.709. The summed E-state index contributed by atoms with van der Waals surface area (Å²) in [6.07, 6.45) is 0.540. The fraction of sp³-hybridized carbons (Fsp3) is 0.333. The third kappa shape index (κ3) is 2.61. The summed E-state index contributed by atoms with van der Waals surface area (Å²) in [5.41, 5.74) is 12.4. The number of ether oxygens (including phenoxy) is 1. The molecule has 0 fully saturated rings. The highest BCUT2D eigenvalue weighted by Gasteiger charge is 2.17. The van der Waals surface area contributed by atoms with Gasteiger partial charge in [0.2, 0.25) is 5.88 Å². The minimum atomic E-state index is -0.553. The van der Waals surface area contributed by atoms with E-state index < -0.39 is 5.91 Å². The Labute approximate surface area is 114 Å². The summed E-state index contributed by atoms with van der Waals surface area (Å²) < 4.78 is 5.42. The largest absolute Gasteiger partial charge is 0.478 e. The predicted molar refractivity (Wildman–Crippen MR) is 74.5 cm³/mol. The molecule has 0 aromatic carbocycles. The number of primary amides is 1. The molecule has 102 valence electrons. The average molecular weight is 281 g/mol. The van der Waals surface area contributed by atoms with E-state index in [1.54, 1.807) is 6.07 Å². The van der Waals surface area contributed by atoms with Crippen LogP contribution >= 0.6 is 11.3 Å². The molecule has 0 aliphatic rings.